The molecule has 3 rings (SSSR count). The molecular weight excluding hydrogens is 371 g/mol. The maximum Gasteiger partial charge on any atom is 0.0338 e. The molecule has 1 aliphatic carbocycles. The third-order valence-electron chi connectivity index (χ3n) is 5.41. The predicted molar refractivity (Wildman–Crippen MR) is 97.3 cm³/mol. The van der Waals surface area contributed by atoms with Gasteiger partial charge in [0.1, 0.15) is 0 Å². The summed E-state index contributed by atoms with van der Waals surface area (Å²) in [5, 5.41) is 3.81. The molecule has 1 saturated carbocycles. The van der Waals surface area contributed by atoms with Crippen molar-refractivity contribution < 1.29 is 0 Å². The van der Waals surface area contributed by atoms with Gasteiger partial charge in [-0.25, -0.2) is 0 Å². The highest BCUT2D eigenvalue weighted by Gasteiger charge is 2.48. The van der Waals surface area contributed by atoms with Gasteiger partial charge in [0.15, 0.2) is 0 Å². The Balaban J connectivity index is 1.77. The standard InChI is InChI=1S/C18H27IN2/c1-13(2)17-11-21(10-14-4-8-16(19)9-5-14)18(3,12-20-17)15-6-7-15/h4-5,8-9,13,15,17,20H,6-7,10-12H2,1-3H3. The zero-order chi connectivity index (χ0) is 15.0. The van der Waals surface area contributed by atoms with E-state index in [-0.39, 0.29) is 0 Å². The second-order valence-electron chi connectivity index (χ2n) is 7.37. The number of nitrogens with one attached hydrogen (secondary N) is 1. The van der Waals surface area contributed by atoms with Crippen LogP contribution < -0.4 is 5.32 Å². The first kappa shape index (κ1) is 15.8. The maximum absolute atomic E-state index is 3.81. The highest BCUT2D eigenvalue weighted by molar-refractivity contribution is 14.1. The molecule has 2 unspecified atom stereocenters. The predicted octanol–water partition coefficient (Wildman–Crippen LogP) is 3.89. The van der Waals surface area contributed by atoms with Crippen molar-refractivity contribution in [1.29, 1.82) is 0 Å². The van der Waals surface area contributed by atoms with E-state index in [1.807, 2.05) is 0 Å². The average molecular weight is 398 g/mol. The molecule has 2 nitrogen and oxygen atoms in total. The van der Waals surface area contributed by atoms with Gasteiger partial charge in [-0.3, -0.25) is 4.90 Å². The molecule has 1 aromatic carbocycles. The van der Waals surface area contributed by atoms with Crippen LogP contribution in [0.25, 0.3) is 0 Å². The lowest BCUT2D eigenvalue weighted by atomic mass is 9.87. The van der Waals surface area contributed by atoms with Crippen molar-refractivity contribution in [1.82, 2.24) is 10.2 Å². The Labute approximate surface area is 142 Å². The molecule has 1 saturated heterocycles. The quantitative estimate of drug-likeness (QED) is 0.775. The van der Waals surface area contributed by atoms with Gasteiger partial charge >= 0.3 is 0 Å². The third-order valence-corrected chi connectivity index (χ3v) is 6.13. The Hall–Kier alpha value is -0.130. The summed E-state index contributed by atoms with van der Waals surface area (Å²) < 4.78 is 1.32. The van der Waals surface area contributed by atoms with E-state index in [0.717, 1.165) is 19.0 Å². The molecule has 2 aliphatic rings. The Bertz CT molecular complexity index is 480. The van der Waals surface area contributed by atoms with Gasteiger partial charge in [0.2, 0.25) is 0 Å². The number of halogens is 1. The Morgan fingerprint density at radius 1 is 1.29 bits per heavy atom. The summed E-state index contributed by atoms with van der Waals surface area (Å²) in [7, 11) is 0. The van der Waals surface area contributed by atoms with Crippen LogP contribution in [0.1, 0.15) is 39.2 Å². The molecule has 0 aromatic heterocycles. The summed E-state index contributed by atoms with van der Waals surface area (Å²) in [6.45, 7) is 10.6. The minimum atomic E-state index is 0.342. The molecule has 2 atom stereocenters. The van der Waals surface area contributed by atoms with Crippen LogP contribution in [0, 0.1) is 15.4 Å². The molecule has 0 amide bonds. The van der Waals surface area contributed by atoms with Crippen molar-refractivity contribution in [3.63, 3.8) is 0 Å². The van der Waals surface area contributed by atoms with Crippen molar-refractivity contribution in [3.05, 3.63) is 33.4 Å². The van der Waals surface area contributed by atoms with Crippen molar-refractivity contribution in [2.24, 2.45) is 11.8 Å². The van der Waals surface area contributed by atoms with Crippen molar-refractivity contribution in [2.75, 3.05) is 13.1 Å². The molecule has 0 radical (unpaired) electrons. The Morgan fingerprint density at radius 2 is 1.95 bits per heavy atom. The molecule has 0 spiro atoms. The lowest BCUT2D eigenvalue weighted by Crippen LogP contribution is -2.65. The summed E-state index contributed by atoms with van der Waals surface area (Å²) in [5.41, 5.74) is 1.79. The van der Waals surface area contributed by atoms with Gasteiger partial charge in [-0.2, -0.15) is 0 Å². The minimum absolute atomic E-state index is 0.342. The molecule has 1 aromatic rings. The van der Waals surface area contributed by atoms with E-state index in [1.165, 1.54) is 28.5 Å². The highest BCUT2D eigenvalue weighted by Crippen LogP contribution is 2.44. The van der Waals surface area contributed by atoms with E-state index in [9.17, 15) is 0 Å². The summed E-state index contributed by atoms with van der Waals surface area (Å²) in [4.78, 5) is 2.76. The maximum atomic E-state index is 3.81. The fourth-order valence-corrected chi connectivity index (χ4v) is 3.93. The van der Waals surface area contributed by atoms with E-state index in [2.05, 4.69) is 77.8 Å². The highest BCUT2D eigenvalue weighted by atomic mass is 127. The van der Waals surface area contributed by atoms with Crippen LogP contribution in [0.3, 0.4) is 0 Å². The van der Waals surface area contributed by atoms with Crippen LogP contribution in [0.5, 0.6) is 0 Å². The summed E-state index contributed by atoms with van der Waals surface area (Å²) in [6, 6.07) is 9.67. The second kappa shape index (κ2) is 6.17. The second-order valence-corrected chi connectivity index (χ2v) is 8.62. The van der Waals surface area contributed by atoms with Crippen LogP contribution in [-0.2, 0) is 6.54 Å². The average Bonchev–Trinajstić information content (AvgIpc) is 3.28. The van der Waals surface area contributed by atoms with Crippen LogP contribution in [0.4, 0.5) is 0 Å². The summed E-state index contributed by atoms with van der Waals surface area (Å²) in [5.74, 6) is 1.59. The van der Waals surface area contributed by atoms with E-state index >= 15 is 0 Å². The molecule has 1 N–H and O–H groups in total. The number of hydrogen-bond acceptors (Lipinski definition) is 2. The minimum Gasteiger partial charge on any atom is -0.311 e. The van der Waals surface area contributed by atoms with E-state index in [1.54, 1.807) is 0 Å². The lowest BCUT2D eigenvalue weighted by Gasteiger charge is -2.49. The van der Waals surface area contributed by atoms with Crippen LogP contribution in [-0.4, -0.2) is 29.6 Å². The summed E-state index contributed by atoms with van der Waals surface area (Å²) >= 11 is 2.38. The Kier molecular flexibility index (Phi) is 4.63. The first-order valence-electron chi connectivity index (χ1n) is 8.22. The van der Waals surface area contributed by atoms with Gasteiger partial charge in [0.05, 0.1) is 0 Å². The topological polar surface area (TPSA) is 15.3 Å². The SMILES string of the molecule is CC(C)C1CN(Cc2ccc(I)cc2)C(C)(C2CC2)CN1. The number of nitrogens with zero attached hydrogens (tertiary/aromatic N) is 1. The number of piperazine rings is 1. The molecule has 21 heavy (non-hydrogen) atoms. The fraction of sp³-hybridized carbons (Fsp3) is 0.667. The molecule has 116 valence electrons. The van der Waals surface area contributed by atoms with Crippen LogP contribution in [0.15, 0.2) is 24.3 Å². The first-order chi connectivity index (χ1) is 9.99. The van der Waals surface area contributed by atoms with E-state index in [4.69, 9.17) is 0 Å². The normalized spacial score (nSPS) is 30.8. The van der Waals surface area contributed by atoms with Gasteiger partial charge < -0.3 is 5.32 Å². The lowest BCUT2D eigenvalue weighted by molar-refractivity contribution is 0.0186. The van der Waals surface area contributed by atoms with Crippen LogP contribution >= 0.6 is 22.6 Å². The van der Waals surface area contributed by atoms with E-state index < -0.39 is 0 Å². The molecule has 2 fully saturated rings. The van der Waals surface area contributed by atoms with Gasteiger partial charge in [0.25, 0.3) is 0 Å². The molecule has 0 bridgehead atoms. The molecule has 3 heteroatoms. The monoisotopic (exact) mass is 398 g/mol. The van der Waals surface area contributed by atoms with E-state index in [0.29, 0.717) is 17.5 Å². The van der Waals surface area contributed by atoms with Crippen molar-refractivity contribution in [3.8, 4) is 0 Å². The van der Waals surface area contributed by atoms with Crippen molar-refractivity contribution in [2.45, 2.75) is 51.7 Å². The fourth-order valence-electron chi connectivity index (χ4n) is 3.57. The van der Waals surface area contributed by atoms with Gasteiger partial charge in [-0.05, 0) is 71.9 Å². The number of rotatable bonds is 4. The molecular formula is C18H27IN2. The van der Waals surface area contributed by atoms with Crippen molar-refractivity contribution >= 4 is 22.6 Å². The number of benzene rings is 1. The van der Waals surface area contributed by atoms with Gasteiger partial charge in [-0.1, -0.05) is 26.0 Å². The summed E-state index contributed by atoms with van der Waals surface area (Å²) in [6.07, 6.45) is 2.82. The zero-order valence-corrected chi connectivity index (χ0v) is 15.6. The zero-order valence-electron chi connectivity index (χ0n) is 13.4. The smallest absolute Gasteiger partial charge is 0.0338 e. The third kappa shape index (κ3) is 3.45. The van der Waals surface area contributed by atoms with Crippen LogP contribution in [0.2, 0.25) is 0 Å². The molecule has 1 aliphatic heterocycles. The first-order valence-corrected chi connectivity index (χ1v) is 9.30. The molecule has 1 heterocycles. The largest absolute Gasteiger partial charge is 0.311 e. The Morgan fingerprint density at radius 3 is 2.52 bits per heavy atom. The van der Waals surface area contributed by atoms with Gasteiger partial charge in [0, 0.05) is 34.8 Å². The number of hydrogen-bond donors (Lipinski definition) is 1. The van der Waals surface area contributed by atoms with Gasteiger partial charge in [-0.15, -0.1) is 0 Å².